The number of nitrogens with two attached hydrogens (primary N) is 1. The van der Waals surface area contributed by atoms with Gasteiger partial charge in [0, 0.05) is 39.5 Å². The quantitative estimate of drug-likeness (QED) is 0.233. The maximum Gasteiger partial charge on any atom is 0.421 e. The van der Waals surface area contributed by atoms with Gasteiger partial charge in [0.1, 0.15) is 23.5 Å². The molecule has 202 valence electrons. The zero-order valence-electron chi connectivity index (χ0n) is 20.2. The summed E-state index contributed by atoms with van der Waals surface area (Å²) in [5.41, 5.74) is 5.37. The molecule has 5 aromatic rings. The summed E-state index contributed by atoms with van der Waals surface area (Å²) in [6.45, 7) is 0. The van der Waals surface area contributed by atoms with Crippen molar-refractivity contribution in [3.8, 4) is 28.1 Å². The third-order valence-corrected chi connectivity index (χ3v) is 7.73. The first-order valence-electron chi connectivity index (χ1n) is 12.1. The molecule has 1 saturated carbocycles. The molecular formula is C26H17ClF4N8O. The van der Waals surface area contributed by atoms with Gasteiger partial charge in [-0.25, -0.2) is 9.37 Å². The molecule has 14 heteroatoms. The van der Waals surface area contributed by atoms with Crippen molar-refractivity contribution in [1.29, 1.82) is 0 Å². The van der Waals surface area contributed by atoms with E-state index in [1.165, 1.54) is 29.3 Å². The van der Waals surface area contributed by atoms with E-state index in [-0.39, 0.29) is 28.7 Å². The van der Waals surface area contributed by atoms with Crippen molar-refractivity contribution in [2.45, 2.75) is 24.6 Å². The van der Waals surface area contributed by atoms with Crippen LogP contribution >= 0.6 is 11.6 Å². The Bertz CT molecular complexity index is 1860. The van der Waals surface area contributed by atoms with E-state index < -0.39 is 29.3 Å². The number of benzene rings is 2. The standard InChI is InChI=1S/C26H17ClF4N8O/c27-12-1-4-19(38-10-34-36-37-38)14(7-12)11-5-20-15-8-16(15)24(39(20)21(40)6-11)25-33-9-18(35-25)13-2-3-17(32)22(23(13)28)26(29,30)31/h1-7,9-10,15-16,24H,8,32H2,(H,33,35)/t15-,16+,24+/m1/s1. The van der Waals surface area contributed by atoms with E-state index in [1.54, 1.807) is 22.8 Å². The van der Waals surface area contributed by atoms with Gasteiger partial charge in [-0.1, -0.05) is 11.6 Å². The van der Waals surface area contributed by atoms with Crippen LogP contribution in [0.5, 0.6) is 0 Å². The molecule has 3 aromatic heterocycles. The Kier molecular flexibility index (Phi) is 5.20. The minimum absolute atomic E-state index is 0.0540. The number of nitrogens with one attached hydrogen (secondary N) is 1. The molecule has 4 heterocycles. The molecule has 1 aliphatic heterocycles. The average Bonchev–Trinajstić information content (AvgIpc) is 3.24. The lowest BCUT2D eigenvalue weighted by atomic mass is 10.0. The molecule has 3 atom stereocenters. The molecule has 2 aliphatic rings. The fraction of sp³-hybridized carbons (Fsp3) is 0.192. The number of halogens is 5. The topological polar surface area (TPSA) is 120 Å². The van der Waals surface area contributed by atoms with Crippen molar-refractivity contribution in [2.75, 3.05) is 5.73 Å². The highest BCUT2D eigenvalue weighted by Crippen LogP contribution is 2.60. The number of fused-ring (bicyclic) bond motifs is 3. The number of tetrazole rings is 1. The maximum atomic E-state index is 14.9. The van der Waals surface area contributed by atoms with Gasteiger partial charge in [-0.2, -0.15) is 17.9 Å². The zero-order valence-corrected chi connectivity index (χ0v) is 20.9. The van der Waals surface area contributed by atoms with Crippen LogP contribution in [-0.4, -0.2) is 34.7 Å². The van der Waals surface area contributed by atoms with Gasteiger partial charge < -0.3 is 15.3 Å². The number of hydrogen-bond donors (Lipinski definition) is 2. The number of H-pyrrole nitrogens is 1. The Balaban J connectivity index is 1.29. The number of imidazole rings is 1. The van der Waals surface area contributed by atoms with Crippen molar-refractivity contribution in [2.24, 2.45) is 5.92 Å². The highest BCUT2D eigenvalue weighted by atomic mass is 35.5. The van der Waals surface area contributed by atoms with Gasteiger partial charge >= 0.3 is 6.18 Å². The summed E-state index contributed by atoms with van der Waals surface area (Å²) in [6.07, 6.45) is -1.45. The third kappa shape index (κ3) is 3.72. The van der Waals surface area contributed by atoms with Gasteiger partial charge in [0.05, 0.1) is 23.6 Å². The summed E-state index contributed by atoms with van der Waals surface area (Å²) in [6, 6.07) is 10.3. The van der Waals surface area contributed by atoms with Crippen LogP contribution in [0.25, 0.3) is 28.1 Å². The van der Waals surface area contributed by atoms with Gasteiger partial charge in [-0.15, -0.1) is 5.10 Å². The van der Waals surface area contributed by atoms with Crippen molar-refractivity contribution >= 4 is 17.3 Å². The van der Waals surface area contributed by atoms with Gasteiger partial charge in [0.15, 0.2) is 0 Å². The van der Waals surface area contributed by atoms with E-state index in [1.807, 2.05) is 6.07 Å². The van der Waals surface area contributed by atoms with E-state index in [0.29, 0.717) is 27.7 Å². The zero-order chi connectivity index (χ0) is 27.9. The number of hydrogen-bond acceptors (Lipinski definition) is 6. The molecule has 0 saturated heterocycles. The molecule has 0 unspecified atom stereocenters. The molecular weight excluding hydrogens is 552 g/mol. The maximum absolute atomic E-state index is 14.9. The number of nitrogens with zero attached hydrogens (tertiary/aromatic N) is 6. The Labute approximate surface area is 227 Å². The van der Waals surface area contributed by atoms with E-state index in [4.69, 9.17) is 17.3 Å². The van der Waals surface area contributed by atoms with Crippen LogP contribution in [0.1, 0.15) is 35.5 Å². The van der Waals surface area contributed by atoms with Crippen LogP contribution in [-0.2, 0) is 6.18 Å². The molecule has 1 fully saturated rings. The number of nitrogen functional groups attached to an aromatic ring is 1. The lowest BCUT2D eigenvalue weighted by molar-refractivity contribution is -0.139. The normalized spacial score (nSPS) is 19.5. The number of aromatic nitrogens is 7. The number of aromatic amines is 1. The third-order valence-electron chi connectivity index (χ3n) is 7.49. The monoisotopic (exact) mass is 568 g/mol. The van der Waals surface area contributed by atoms with Crippen molar-refractivity contribution in [3.05, 3.63) is 93.3 Å². The molecule has 2 aromatic carbocycles. The first-order chi connectivity index (χ1) is 19.1. The number of pyridine rings is 1. The van der Waals surface area contributed by atoms with Gasteiger partial charge in [0.2, 0.25) is 0 Å². The summed E-state index contributed by atoms with van der Waals surface area (Å²) in [5.74, 6) is -0.979. The first kappa shape index (κ1) is 24.5. The Hall–Kier alpha value is -4.52. The van der Waals surface area contributed by atoms with Crippen LogP contribution in [0.15, 0.2) is 59.8 Å². The molecule has 0 radical (unpaired) electrons. The van der Waals surface area contributed by atoms with Gasteiger partial charge in [-0.3, -0.25) is 4.79 Å². The summed E-state index contributed by atoms with van der Waals surface area (Å²) in [7, 11) is 0. The fourth-order valence-corrected chi connectivity index (χ4v) is 5.85. The minimum Gasteiger partial charge on any atom is -0.398 e. The highest BCUT2D eigenvalue weighted by molar-refractivity contribution is 6.31. The summed E-state index contributed by atoms with van der Waals surface area (Å²) in [4.78, 5) is 20.8. The first-order valence-corrected chi connectivity index (χ1v) is 12.5. The van der Waals surface area contributed by atoms with Crippen LogP contribution in [0.2, 0.25) is 5.02 Å². The van der Waals surface area contributed by atoms with Gasteiger partial charge in [0.25, 0.3) is 5.56 Å². The molecule has 7 rings (SSSR count). The Morgan fingerprint density at radius 3 is 2.67 bits per heavy atom. The predicted molar refractivity (Wildman–Crippen MR) is 136 cm³/mol. The number of anilines is 1. The SMILES string of the molecule is Nc1ccc(-c2cnc([C@@H]3[C@H]4C[C@H]4c4cc(-c5cc(Cl)ccc5-n5cnnn5)cc(=O)n43)[nH]2)c(F)c1C(F)(F)F. The number of alkyl halides is 3. The van der Waals surface area contributed by atoms with Crippen molar-refractivity contribution in [1.82, 2.24) is 34.7 Å². The second kappa shape index (κ2) is 8.49. The average molecular weight is 569 g/mol. The second-order valence-electron chi connectivity index (χ2n) is 9.82. The molecule has 0 amide bonds. The Morgan fingerprint density at radius 2 is 1.93 bits per heavy atom. The minimum atomic E-state index is -4.96. The largest absolute Gasteiger partial charge is 0.421 e. The molecule has 9 nitrogen and oxygen atoms in total. The molecule has 3 N–H and O–H groups in total. The van der Waals surface area contributed by atoms with Crippen LogP contribution in [0.3, 0.4) is 0 Å². The van der Waals surface area contributed by atoms with Crippen LogP contribution in [0.4, 0.5) is 23.2 Å². The second-order valence-corrected chi connectivity index (χ2v) is 10.3. The van der Waals surface area contributed by atoms with E-state index >= 15 is 0 Å². The highest BCUT2D eigenvalue weighted by Gasteiger charge is 2.54. The van der Waals surface area contributed by atoms with Crippen LogP contribution in [0, 0.1) is 11.7 Å². The number of rotatable bonds is 4. The van der Waals surface area contributed by atoms with Crippen molar-refractivity contribution < 1.29 is 17.6 Å². The van der Waals surface area contributed by atoms with Gasteiger partial charge in [-0.05, 0) is 64.7 Å². The molecule has 0 bridgehead atoms. The summed E-state index contributed by atoms with van der Waals surface area (Å²) >= 11 is 6.28. The fourth-order valence-electron chi connectivity index (χ4n) is 5.68. The predicted octanol–water partition coefficient (Wildman–Crippen LogP) is 4.98. The summed E-state index contributed by atoms with van der Waals surface area (Å²) in [5, 5.41) is 11.8. The lowest BCUT2D eigenvalue weighted by Gasteiger charge is -2.18. The molecule has 40 heavy (non-hydrogen) atoms. The lowest BCUT2D eigenvalue weighted by Crippen LogP contribution is -2.26. The molecule has 0 spiro atoms. The molecule has 1 aliphatic carbocycles. The van der Waals surface area contributed by atoms with E-state index in [0.717, 1.165) is 18.2 Å². The van der Waals surface area contributed by atoms with E-state index in [9.17, 15) is 22.4 Å². The smallest absolute Gasteiger partial charge is 0.398 e. The van der Waals surface area contributed by atoms with Crippen molar-refractivity contribution in [3.63, 3.8) is 0 Å². The summed E-state index contributed by atoms with van der Waals surface area (Å²) < 4.78 is 58.2. The van der Waals surface area contributed by atoms with E-state index in [2.05, 4.69) is 25.5 Å². The Morgan fingerprint density at radius 1 is 1.10 bits per heavy atom. The van der Waals surface area contributed by atoms with Crippen LogP contribution < -0.4 is 11.3 Å².